The Labute approximate surface area is 155 Å². The molecule has 0 spiro atoms. The van der Waals surface area contributed by atoms with Crippen LogP contribution in [0.25, 0.3) is 16.9 Å². The zero-order valence-electron chi connectivity index (χ0n) is 15.2. The molecule has 9 nitrogen and oxygen atoms in total. The molecule has 0 aromatic carbocycles. The fourth-order valence-corrected chi connectivity index (χ4v) is 3.12. The summed E-state index contributed by atoms with van der Waals surface area (Å²) in [6.45, 7) is 4.51. The molecule has 0 amide bonds. The first-order chi connectivity index (χ1) is 13.1. The lowest BCUT2D eigenvalue weighted by atomic mass is 10.1. The van der Waals surface area contributed by atoms with E-state index in [4.69, 9.17) is 15.2 Å². The van der Waals surface area contributed by atoms with Gasteiger partial charge >= 0.3 is 5.97 Å². The number of carbonyl (C=O) groups is 1. The topological polar surface area (TPSA) is 108 Å². The van der Waals surface area contributed by atoms with Gasteiger partial charge in [0.15, 0.2) is 17.3 Å². The van der Waals surface area contributed by atoms with Crippen molar-refractivity contribution in [1.29, 1.82) is 0 Å². The Bertz CT molecular complexity index is 1010. The highest BCUT2D eigenvalue weighted by Crippen LogP contribution is 2.30. The Morgan fingerprint density at radius 1 is 1.26 bits per heavy atom. The molecule has 3 aromatic heterocycles. The lowest BCUT2D eigenvalue weighted by Crippen LogP contribution is -2.37. The number of esters is 1. The van der Waals surface area contributed by atoms with E-state index in [9.17, 15) is 4.79 Å². The Balaban J connectivity index is 1.91. The van der Waals surface area contributed by atoms with Gasteiger partial charge in [0.05, 0.1) is 20.3 Å². The van der Waals surface area contributed by atoms with Crippen molar-refractivity contribution in [3.63, 3.8) is 0 Å². The van der Waals surface area contributed by atoms with Gasteiger partial charge in [-0.3, -0.25) is 0 Å². The number of methoxy groups -OCH3 is 1. The second-order valence-electron chi connectivity index (χ2n) is 6.27. The normalized spacial score (nSPS) is 14.5. The van der Waals surface area contributed by atoms with Crippen LogP contribution in [-0.4, -0.2) is 58.7 Å². The molecule has 1 fully saturated rings. The molecule has 9 heteroatoms. The van der Waals surface area contributed by atoms with Crippen LogP contribution in [0.2, 0.25) is 0 Å². The summed E-state index contributed by atoms with van der Waals surface area (Å²) in [6.07, 6.45) is 3.74. The molecule has 1 saturated heterocycles. The van der Waals surface area contributed by atoms with Crippen LogP contribution in [0.15, 0.2) is 24.5 Å². The third-order valence-electron chi connectivity index (χ3n) is 4.56. The summed E-state index contributed by atoms with van der Waals surface area (Å²) in [5.41, 5.74) is 9.22. The van der Waals surface area contributed by atoms with Crippen LogP contribution in [0.1, 0.15) is 16.2 Å². The van der Waals surface area contributed by atoms with Crippen molar-refractivity contribution in [3.8, 4) is 11.3 Å². The van der Waals surface area contributed by atoms with Gasteiger partial charge in [-0.05, 0) is 19.1 Å². The van der Waals surface area contributed by atoms with E-state index in [0.29, 0.717) is 37.8 Å². The maximum atomic E-state index is 12.1. The third-order valence-corrected chi connectivity index (χ3v) is 4.56. The van der Waals surface area contributed by atoms with Gasteiger partial charge in [0.1, 0.15) is 11.3 Å². The molecule has 4 heterocycles. The van der Waals surface area contributed by atoms with Crippen LogP contribution >= 0.6 is 0 Å². The Morgan fingerprint density at radius 3 is 2.78 bits per heavy atom. The number of imidazole rings is 1. The zero-order valence-corrected chi connectivity index (χ0v) is 15.2. The van der Waals surface area contributed by atoms with Crippen molar-refractivity contribution >= 4 is 23.3 Å². The maximum absolute atomic E-state index is 12.1. The van der Waals surface area contributed by atoms with E-state index >= 15 is 0 Å². The smallest absolute Gasteiger partial charge is 0.360 e. The number of pyridine rings is 1. The summed E-state index contributed by atoms with van der Waals surface area (Å²) in [5.74, 6) is 0.0576. The molecule has 0 bridgehead atoms. The predicted octanol–water partition coefficient (Wildman–Crippen LogP) is 1.31. The molecule has 0 aliphatic carbocycles. The number of aryl methyl sites for hydroxylation is 1. The van der Waals surface area contributed by atoms with Gasteiger partial charge in [0.25, 0.3) is 0 Å². The van der Waals surface area contributed by atoms with Gasteiger partial charge in [0, 0.05) is 36.7 Å². The van der Waals surface area contributed by atoms with Gasteiger partial charge in [-0.2, -0.15) is 0 Å². The molecule has 0 radical (unpaired) electrons. The zero-order chi connectivity index (χ0) is 19.0. The summed E-state index contributed by atoms with van der Waals surface area (Å²) in [5, 5.41) is 0. The van der Waals surface area contributed by atoms with E-state index in [2.05, 4.69) is 19.9 Å². The van der Waals surface area contributed by atoms with Crippen molar-refractivity contribution < 1.29 is 14.3 Å². The number of morpholine rings is 1. The van der Waals surface area contributed by atoms with Crippen LogP contribution in [-0.2, 0) is 9.47 Å². The summed E-state index contributed by atoms with van der Waals surface area (Å²) in [4.78, 5) is 27.5. The first-order valence-corrected chi connectivity index (χ1v) is 8.61. The van der Waals surface area contributed by atoms with Gasteiger partial charge < -0.3 is 24.5 Å². The average molecular weight is 368 g/mol. The summed E-state index contributed by atoms with van der Waals surface area (Å²) in [7, 11) is 1.29. The second kappa shape index (κ2) is 6.84. The quantitative estimate of drug-likeness (QED) is 0.690. The molecule has 27 heavy (non-hydrogen) atoms. The SMILES string of the molecule is COC(=O)c1nc(-c2ccc3ncc(C)n3c2)c(N2CCOCC2)nc1N. The number of nitrogen functional groups attached to an aromatic ring is 1. The molecule has 3 aromatic rings. The second-order valence-corrected chi connectivity index (χ2v) is 6.27. The fraction of sp³-hybridized carbons (Fsp3) is 0.333. The predicted molar refractivity (Wildman–Crippen MR) is 99.7 cm³/mol. The average Bonchev–Trinajstić information content (AvgIpc) is 3.08. The van der Waals surface area contributed by atoms with Crippen LogP contribution in [0.4, 0.5) is 11.6 Å². The number of nitrogens with zero attached hydrogens (tertiary/aromatic N) is 5. The molecule has 140 valence electrons. The lowest BCUT2D eigenvalue weighted by Gasteiger charge is -2.29. The number of hydrogen-bond donors (Lipinski definition) is 1. The summed E-state index contributed by atoms with van der Waals surface area (Å²) < 4.78 is 12.2. The molecule has 0 saturated carbocycles. The number of nitrogens with two attached hydrogens (primary N) is 1. The summed E-state index contributed by atoms with van der Waals surface area (Å²) in [6, 6.07) is 3.81. The Kier molecular flexibility index (Phi) is 4.36. The van der Waals surface area contributed by atoms with Crippen molar-refractivity contribution in [1.82, 2.24) is 19.4 Å². The molecule has 1 aliphatic rings. The molecular formula is C18H20N6O3. The van der Waals surface area contributed by atoms with Gasteiger partial charge in [-0.1, -0.05) is 0 Å². The fourth-order valence-electron chi connectivity index (χ4n) is 3.12. The standard InChI is InChI=1S/C18H20N6O3/c1-11-9-20-13-4-3-12(10-24(11)13)14-17(23-5-7-27-8-6-23)22-16(19)15(21-14)18(25)26-2/h3-4,9-10H,5-8H2,1-2H3,(H2,19,22). The molecular weight excluding hydrogens is 348 g/mol. The van der Waals surface area contributed by atoms with E-state index in [0.717, 1.165) is 16.9 Å². The highest BCUT2D eigenvalue weighted by molar-refractivity contribution is 5.93. The first-order valence-electron chi connectivity index (χ1n) is 8.61. The van der Waals surface area contributed by atoms with E-state index in [1.165, 1.54) is 7.11 Å². The number of carbonyl (C=O) groups excluding carboxylic acids is 1. The van der Waals surface area contributed by atoms with Crippen molar-refractivity contribution in [2.24, 2.45) is 0 Å². The van der Waals surface area contributed by atoms with Gasteiger partial charge in [-0.25, -0.2) is 19.7 Å². The Hall–Kier alpha value is -3.20. The molecule has 4 rings (SSSR count). The number of anilines is 2. The minimum atomic E-state index is -0.616. The van der Waals surface area contributed by atoms with Crippen molar-refractivity contribution in [2.45, 2.75) is 6.92 Å². The minimum absolute atomic E-state index is 0.00644. The van der Waals surface area contributed by atoms with Crippen LogP contribution in [0.5, 0.6) is 0 Å². The van der Waals surface area contributed by atoms with Crippen LogP contribution < -0.4 is 10.6 Å². The Morgan fingerprint density at radius 2 is 2.04 bits per heavy atom. The lowest BCUT2D eigenvalue weighted by molar-refractivity contribution is 0.0595. The van der Waals surface area contributed by atoms with Crippen LogP contribution in [0, 0.1) is 6.92 Å². The highest BCUT2D eigenvalue weighted by Gasteiger charge is 2.24. The number of fused-ring (bicyclic) bond motifs is 1. The van der Waals surface area contributed by atoms with E-state index < -0.39 is 5.97 Å². The summed E-state index contributed by atoms with van der Waals surface area (Å²) >= 11 is 0. The molecule has 1 aliphatic heterocycles. The largest absolute Gasteiger partial charge is 0.464 e. The monoisotopic (exact) mass is 368 g/mol. The van der Waals surface area contributed by atoms with Gasteiger partial charge in [-0.15, -0.1) is 0 Å². The van der Waals surface area contributed by atoms with E-state index in [1.807, 2.05) is 29.7 Å². The molecule has 0 atom stereocenters. The van der Waals surface area contributed by atoms with Gasteiger partial charge in [0.2, 0.25) is 0 Å². The third kappa shape index (κ3) is 3.06. The minimum Gasteiger partial charge on any atom is -0.464 e. The number of ether oxygens (including phenoxy) is 2. The van der Waals surface area contributed by atoms with E-state index in [-0.39, 0.29) is 11.5 Å². The first kappa shape index (κ1) is 17.2. The van der Waals surface area contributed by atoms with Crippen molar-refractivity contribution in [3.05, 3.63) is 35.9 Å². The number of aromatic nitrogens is 4. The van der Waals surface area contributed by atoms with Crippen molar-refractivity contribution in [2.75, 3.05) is 44.0 Å². The number of rotatable bonds is 3. The molecule has 0 unspecified atom stereocenters. The maximum Gasteiger partial charge on any atom is 0.360 e. The van der Waals surface area contributed by atoms with Crippen LogP contribution in [0.3, 0.4) is 0 Å². The molecule has 2 N–H and O–H groups in total. The number of hydrogen-bond acceptors (Lipinski definition) is 8. The highest BCUT2D eigenvalue weighted by atomic mass is 16.5. The van der Waals surface area contributed by atoms with E-state index in [1.54, 1.807) is 6.20 Å².